The van der Waals surface area contributed by atoms with Gasteiger partial charge >= 0.3 is 12.0 Å². The largest absolute Gasteiger partial charge is 0.478 e. The Labute approximate surface area is 116 Å². The smallest absolute Gasteiger partial charge is 0.337 e. The Morgan fingerprint density at radius 2 is 2.21 bits per heavy atom. The van der Waals surface area contributed by atoms with Gasteiger partial charge in [0.05, 0.1) is 17.4 Å². The van der Waals surface area contributed by atoms with E-state index >= 15 is 0 Å². The van der Waals surface area contributed by atoms with Crippen LogP contribution in [0.1, 0.15) is 23.7 Å². The zero-order valence-corrected chi connectivity index (χ0v) is 11.7. The molecule has 0 aromatic carbocycles. The summed E-state index contributed by atoms with van der Waals surface area (Å²) in [4.78, 5) is 26.3. The fraction of sp³-hybridized carbons (Fsp3) is 0.417. The number of aromatic carboxylic acids is 1. The summed E-state index contributed by atoms with van der Waals surface area (Å²) in [5, 5.41) is 14.2. The molecule has 1 aromatic rings. The number of carbonyl (C=O) groups excluding carboxylic acids is 1. The topological polar surface area (TPSA) is 91.3 Å². The van der Waals surface area contributed by atoms with Crippen LogP contribution >= 0.6 is 11.8 Å². The van der Waals surface area contributed by atoms with Gasteiger partial charge in [0.1, 0.15) is 0 Å². The lowest BCUT2D eigenvalue weighted by molar-refractivity contribution is 0.0696. The normalized spacial score (nSPS) is 11.7. The molecular formula is C12H17N3O3S. The minimum atomic E-state index is -1.08. The molecule has 0 saturated carbocycles. The molecule has 7 heteroatoms. The predicted octanol–water partition coefficient (Wildman–Crippen LogP) is 2.04. The number of rotatable bonds is 6. The maximum atomic E-state index is 11.7. The zero-order valence-electron chi connectivity index (χ0n) is 10.8. The molecule has 104 valence electrons. The van der Waals surface area contributed by atoms with Gasteiger partial charge in [-0.05, 0) is 18.7 Å². The van der Waals surface area contributed by atoms with Crippen LogP contribution in [0.2, 0.25) is 0 Å². The summed E-state index contributed by atoms with van der Waals surface area (Å²) in [7, 11) is 0. The number of thioether (sulfide) groups is 1. The van der Waals surface area contributed by atoms with Gasteiger partial charge in [0, 0.05) is 18.0 Å². The van der Waals surface area contributed by atoms with Crippen molar-refractivity contribution in [1.82, 2.24) is 10.3 Å². The highest BCUT2D eigenvalue weighted by molar-refractivity contribution is 7.98. The number of amides is 2. The van der Waals surface area contributed by atoms with E-state index in [1.54, 1.807) is 11.8 Å². The number of carboxylic acids is 1. The Balaban J connectivity index is 2.61. The number of hydrogen-bond acceptors (Lipinski definition) is 4. The highest BCUT2D eigenvalue weighted by atomic mass is 32.2. The first-order chi connectivity index (χ1) is 9.06. The van der Waals surface area contributed by atoms with Crippen LogP contribution in [0.4, 0.5) is 10.5 Å². The Kier molecular flexibility index (Phi) is 6.14. The monoisotopic (exact) mass is 283 g/mol. The average molecular weight is 283 g/mol. The van der Waals surface area contributed by atoms with E-state index in [1.165, 1.54) is 18.5 Å². The van der Waals surface area contributed by atoms with Crippen LogP contribution in [-0.4, -0.2) is 40.1 Å². The molecule has 1 atom stereocenters. The lowest BCUT2D eigenvalue weighted by atomic mass is 10.2. The van der Waals surface area contributed by atoms with E-state index in [2.05, 4.69) is 15.6 Å². The average Bonchev–Trinajstić information content (AvgIpc) is 2.38. The Bertz CT molecular complexity index is 454. The summed E-state index contributed by atoms with van der Waals surface area (Å²) >= 11 is 1.66. The van der Waals surface area contributed by atoms with Crippen molar-refractivity contribution in [2.24, 2.45) is 0 Å². The fourth-order valence-corrected chi connectivity index (χ4v) is 2.16. The lowest BCUT2D eigenvalue weighted by Gasteiger charge is -2.16. The molecule has 1 unspecified atom stereocenters. The first-order valence-electron chi connectivity index (χ1n) is 5.81. The lowest BCUT2D eigenvalue weighted by Crippen LogP contribution is -2.39. The van der Waals surface area contributed by atoms with E-state index in [9.17, 15) is 9.59 Å². The number of urea groups is 1. The van der Waals surface area contributed by atoms with E-state index in [0.29, 0.717) is 5.69 Å². The van der Waals surface area contributed by atoms with Crippen molar-refractivity contribution in [2.45, 2.75) is 19.4 Å². The molecule has 0 saturated heterocycles. The minimum absolute atomic E-state index is 0.0361. The molecule has 1 aromatic heterocycles. The SMILES string of the molecule is CCC(CSC)NC(=O)Nc1cncc(C(=O)O)c1. The van der Waals surface area contributed by atoms with Crippen molar-refractivity contribution in [3.63, 3.8) is 0 Å². The third-order valence-corrected chi connectivity index (χ3v) is 3.17. The molecule has 0 aliphatic carbocycles. The minimum Gasteiger partial charge on any atom is -0.478 e. The molecular weight excluding hydrogens is 266 g/mol. The van der Waals surface area contributed by atoms with Crippen molar-refractivity contribution in [1.29, 1.82) is 0 Å². The number of carboxylic acid groups (broad SMARTS) is 1. The summed E-state index contributed by atoms with van der Waals surface area (Å²) in [6.07, 6.45) is 5.44. The summed E-state index contributed by atoms with van der Waals surface area (Å²) in [6.45, 7) is 1.99. The molecule has 6 nitrogen and oxygen atoms in total. The second-order valence-corrected chi connectivity index (χ2v) is 4.84. The number of anilines is 1. The summed E-state index contributed by atoms with van der Waals surface area (Å²) < 4.78 is 0. The number of nitrogens with zero attached hydrogens (tertiary/aromatic N) is 1. The van der Waals surface area contributed by atoms with E-state index in [4.69, 9.17) is 5.11 Å². The first kappa shape index (κ1) is 15.3. The van der Waals surface area contributed by atoms with E-state index in [1.807, 2.05) is 13.2 Å². The van der Waals surface area contributed by atoms with E-state index in [-0.39, 0.29) is 17.6 Å². The van der Waals surface area contributed by atoms with Crippen LogP contribution in [-0.2, 0) is 0 Å². The van der Waals surface area contributed by atoms with Gasteiger partial charge in [-0.15, -0.1) is 0 Å². The van der Waals surface area contributed by atoms with Crippen LogP contribution in [0.3, 0.4) is 0 Å². The van der Waals surface area contributed by atoms with Crippen molar-refractivity contribution < 1.29 is 14.7 Å². The molecule has 3 N–H and O–H groups in total. The molecule has 0 fully saturated rings. The maximum Gasteiger partial charge on any atom is 0.337 e. The van der Waals surface area contributed by atoms with Gasteiger partial charge in [-0.25, -0.2) is 9.59 Å². The molecule has 0 aliphatic rings. The Morgan fingerprint density at radius 3 is 2.79 bits per heavy atom. The molecule has 0 bridgehead atoms. The van der Waals surface area contributed by atoms with Crippen LogP contribution in [0.25, 0.3) is 0 Å². The van der Waals surface area contributed by atoms with Gasteiger partial charge in [-0.1, -0.05) is 6.92 Å². The standard InChI is InChI=1S/C12H17N3O3S/c1-3-9(7-19-2)14-12(18)15-10-4-8(11(16)17)5-13-6-10/h4-6,9H,3,7H2,1-2H3,(H,16,17)(H2,14,15,18). The third-order valence-electron chi connectivity index (χ3n) is 2.44. The molecule has 1 heterocycles. The number of pyridine rings is 1. The number of hydrogen-bond donors (Lipinski definition) is 3. The summed E-state index contributed by atoms with van der Waals surface area (Å²) in [5.41, 5.74) is 0.394. The summed E-state index contributed by atoms with van der Waals surface area (Å²) in [5.74, 6) is -0.248. The fourth-order valence-electron chi connectivity index (χ4n) is 1.44. The Morgan fingerprint density at radius 1 is 1.47 bits per heavy atom. The van der Waals surface area contributed by atoms with Crippen LogP contribution in [0.5, 0.6) is 0 Å². The van der Waals surface area contributed by atoms with Crippen molar-refractivity contribution in [3.8, 4) is 0 Å². The van der Waals surface area contributed by atoms with Gasteiger partial charge in [-0.3, -0.25) is 4.98 Å². The number of carbonyl (C=O) groups is 2. The second-order valence-electron chi connectivity index (χ2n) is 3.93. The molecule has 0 radical (unpaired) electrons. The maximum absolute atomic E-state index is 11.7. The number of aromatic nitrogens is 1. The van der Waals surface area contributed by atoms with Crippen molar-refractivity contribution in [2.75, 3.05) is 17.3 Å². The predicted molar refractivity (Wildman–Crippen MR) is 75.8 cm³/mol. The van der Waals surface area contributed by atoms with Gasteiger partial charge in [0.25, 0.3) is 0 Å². The van der Waals surface area contributed by atoms with Crippen molar-refractivity contribution >= 4 is 29.4 Å². The van der Waals surface area contributed by atoms with Crippen LogP contribution in [0.15, 0.2) is 18.5 Å². The molecule has 0 spiro atoms. The van der Waals surface area contributed by atoms with Gasteiger partial charge < -0.3 is 15.7 Å². The summed E-state index contributed by atoms with van der Waals surface area (Å²) in [6, 6.07) is 1.10. The number of nitrogens with one attached hydrogen (secondary N) is 2. The van der Waals surface area contributed by atoms with E-state index in [0.717, 1.165) is 12.2 Å². The van der Waals surface area contributed by atoms with Crippen molar-refractivity contribution in [3.05, 3.63) is 24.0 Å². The molecule has 0 aliphatic heterocycles. The second kappa shape index (κ2) is 7.63. The van der Waals surface area contributed by atoms with Gasteiger partial charge in [-0.2, -0.15) is 11.8 Å². The van der Waals surface area contributed by atoms with E-state index < -0.39 is 5.97 Å². The Hall–Kier alpha value is -1.76. The molecule has 1 rings (SSSR count). The first-order valence-corrected chi connectivity index (χ1v) is 7.21. The quantitative estimate of drug-likeness (QED) is 0.743. The van der Waals surface area contributed by atoms with Crippen LogP contribution < -0.4 is 10.6 Å². The van der Waals surface area contributed by atoms with Gasteiger partial charge in [0.15, 0.2) is 0 Å². The zero-order chi connectivity index (χ0) is 14.3. The third kappa shape index (κ3) is 5.17. The highest BCUT2D eigenvalue weighted by Crippen LogP contribution is 2.08. The molecule has 2 amide bonds. The van der Waals surface area contributed by atoms with Crippen LogP contribution in [0, 0.1) is 0 Å². The van der Waals surface area contributed by atoms with Gasteiger partial charge in [0.2, 0.25) is 0 Å². The molecule has 19 heavy (non-hydrogen) atoms. The highest BCUT2D eigenvalue weighted by Gasteiger charge is 2.11.